The number of hydrogen-bond donors (Lipinski definition) is 2. The number of nitrogens with zero attached hydrogens (tertiary/aromatic N) is 1. The Morgan fingerprint density at radius 1 is 1.05 bits per heavy atom. The summed E-state index contributed by atoms with van der Waals surface area (Å²) in [6.45, 7) is 13.2. The molecule has 0 spiro atoms. The number of carboxylic acids is 1. The Balaban J connectivity index is 4.82. The minimum Gasteiger partial charge on any atom is -0.480 e. The third-order valence-corrected chi connectivity index (χ3v) is 3.22. The lowest BCUT2D eigenvalue weighted by molar-refractivity contribution is -0.140. The van der Waals surface area contributed by atoms with Gasteiger partial charge < -0.3 is 15.3 Å². The van der Waals surface area contributed by atoms with Crippen LogP contribution in [-0.4, -0.2) is 41.1 Å². The zero-order valence-electron chi connectivity index (χ0n) is 13.6. The minimum atomic E-state index is -0.971. The molecule has 5 nitrogen and oxygen atoms in total. The average Bonchev–Trinajstić information content (AvgIpc) is 2.32. The van der Waals surface area contributed by atoms with E-state index in [2.05, 4.69) is 5.32 Å². The van der Waals surface area contributed by atoms with Crippen LogP contribution in [0.1, 0.15) is 48.0 Å². The van der Waals surface area contributed by atoms with E-state index in [1.807, 2.05) is 41.5 Å². The number of amides is 2. The van der Waals surface area contributed by atoms with Crippen LogP contribution in [0.15, 0.2) is 0 Å². The molecule has 0 saturated heterocycles. The molecule has 2 amide bonds. The Morgan fingerprint density at radius 3 is 1.80 bits per heavy atom. The number of carbonyl (C=O) groups is 2. The molecule has 20 heavy (non-hydrogen) atoms. The van der Waals surface area contributed by atoms with E-state index in [4.69, 9.17) is 0 Å². The highest BCUT2D eigenvalue weighted by Crippen LogP contribution is 2.10. The summed E-state index contributed by atoms with van der Waals surface area (Å²) in [7, 11) is 0. The fraction of sp³-hybridized carbons (Fsp3) is 0.867. The van der Waals surface area contributed by atoms with E-state index in [1.54, 1.807) is 4.90 Å². The Morgan fingerprint density at radius 2 is 1.50 bits per heavy atom. The number of carboxylic acid groups (broad SMARTS) is 1. The summed E-state index contributed by atoms with van der Waals surface area (Å²) in [5.74, 6) is -0.351. The van der Waals surface area contributed by atoms with Gasteiger partial charge >= 0.3 is 12.0 Å². The molecule has 0 aromatic rings. The molecule has 2 unspecified atom stereocenters. The second kappa shape index (κ2) is 8.82. The quantitative estimate of drug-likeness (QED) is 0.721. The molecule has 5 heteroatoms. The van der Waals surface area contributed by atoms with Crippen molar-refractivity contribution in [1.29, 1.82) is 0 Å². The lowest BCUT2D eigenvalue weighted by Crippen LogP contribution is -2.52. The van der Waals surface area contributed by atoms with E-state index in [0.29, 0.717) is 31.3 Å². The van der Waals surface area contributed by atoms with Gasteiger partial charge in [0.25, 0.3) is 0 Å². The number of rotatable bonds is 8. The van der Waals surface area contributed by atoms with Gasteiger partial charge in [-0.15, -0.1) is 0 Å². The van der Waals surface area contributed by atoms with Gasteiger partial charge in [0.1, 0.15) is 6.04 Å². The van der Waals surface area contributed by atoms with Crippen molar-refractivity contribution in [3.05, 3.63) is 0 Å². The van der Waals surface area contributed by atoms with Crippen LogP contribution in [0.5, 0.6) is 0 Å². The van der Waals surface area contributed by atoms with Crippen molar-refractivity contribution >= 4 is 12.0 Å². The van der Waals surface area contributed by atoms with Gasteiger partial charge in [-0.05, 0) is 17.8 Å². The van der Waals surface area contributed by atoms with E-state index in [9.17, 15) is 14.7 Å². The van der Waals surface area contributed by atoms with E-state index < -0.39 is 12.0 Å². The second-order valence-electron chi connectivity index (χ2n) is 6.34. The molecule has 0 bridgehead atoms. The van der Waals surface area contributed by atoms with Crippen molar-refractivity contribution in [3.63, 3.8) is 0 Å². The first kappa shape index (κ1) is 18.7. The molecule has 2 atom stereocenters. The van der Waals surface area contributed by atoms with Gasteiger partial charge in [-0.3, -0.25) is 0 Å². The molecule has 0 aliphatic heterocycles. The third kappa shape index (κ3) is 6.78. The SMILES string of the molecule is CCC(C)C(NC(=O)N(CC(C)C)CC(C)C)C(=O)O. The topological polar surface area (TPSA) is 69.6 Å². The van der Waals surface area contributed by atoms with Crippen LogP contribution in [0.4, 0.5) is 4.79 Å². The van der Waals surface area contributed by atoms with Gasteiger partial charge in [-0.25, -0.2) is 9.59 Å². The molecule has 2 N–H and O–H groups in total. The predicted octanol–water partition coefficient (Wildman–Crippen LogP) is 2.81. The maximum absolute atomic E-state index is 12.3. The highest BCUT2D eigenvalue weighted by molar-refractivity contribution is 5.82. The fourth-order valence-electron chi connectivity index (χ4n) is 2.03. The highest BCUT2D eigenvalue weighted by Gasteiger charge is 2.27. The minimum absolute atomic E-state index is 0.0867. The summed E-state index contributed by atoms with van der Waals surface area (Å²) in [5.41, 5.74) is 0. The van der Waals surface area contributed by atoms with E-state index in [0.717, 1.165) is 0 Å². The lowest BCUT2D eigenvalue weighted by atomic mass is 9.99. The normalized spacial score (nSPS) is 14.2. The molecule has 0 radical (unpaired) electrons. The molecule has 0 saturated carbocycles. The van der Waals surface area contributed by atoms with Gasteiger partial charge in [-0.1, -0.05) is 48.0 Å². The Labute approximate surface area is 122 Å². The average molecular weight is 286 g/mol. The number of urea groups is 1. The molecular weight excluding hydrogens is 256 g/mol. The van der Waals surface area contributed by atoms with Gasteiger partial charge in [-0.2, -0.15) is 0 Å². The summed E-state index contributed by atoms with van der Waals surface area (Å²) in [6, 6.07) is -1.10. The van der Waals surface area contributed by atoms with E-state index in [1.165, 1.54) is 0 Å². The maximum Gasteiger partial charge on any atom is 0.326 e. The zero-order valence-corrected chi connectivity index (χ0v) is 13.6. The summed E-state index contributed by atoms with van der Waals surface area (Å²) < 4.78 is 0. The van der Waals surface area contributed by atoms with Gasteiger partial charge in [0.05, 0.1) is 0 Å². The van der Waals surface area contributed by atoms with Gasteiger partial charge in [0, 0.05) is 13.1 Å². The number of carbonyl (C=O) groups excluding carboxylic acids is 1. The molecule has 0 fully saturated rings. The predicted molar refractivity (Wildman–Crippen MR) is 80.7 cm³/mol. The van der Waals surface area contributed by atoms with E-state index >= 15 is 0 Å². The van der Waals surface area contributed by atoms with Crippen LogP contribution in [0.2, 0.25) is 0 Å². The Kier molecular flexibility index (Phi) is 8.26. The molecule has 0 heterocycles. The van der Waals surface area contributed by atoms with Crippen LogP contribution in [-0.2, 0) is 4.79 Å². The summed E-state index contributed by atoms with van der Waals surface area (Å²) in [6.07, 6.45) is 0.714. The van der Waals surface area contributed by atoms with Crippen molar-refractivity contribution in [2.75, 3.05) is 13.1 Å². The van der Waals surface area contributed by atoms with Crippen molar-refractivity contribution in [2.45, 2.75) is 54.0 Å². The third-order valence-electron chi connectivity index (χ3n) is 3.22. The van der Waals surface area contributed by atoms with Crippen molar-refractivity contribution in [3.8, 4) is 0 Å². The van der Waals surface area contributed by atoms with Crippen molar-refractivity contribution in [2.24, 2.45) is 17.8 Å². The molecule has 0 aromatic carbocycles. The second-order valence-corrected chi connectivity index (χ2v) is 6.34. The first-order valence-corrected chi connectivity index (χ1v) is 7.47. The maximum atomic E-state index is 12.3. The molecule has 0 aliphatic carbocycles. The van der Waals surface area contributed by atoms with Crippen LogP contribution in [0.25, 0.3) is 0 Å². The van der Waals surface area contributed by atoms with E-state index in [-0.39, 0.29) is 11.9 Å². The first-order valence-electron chi connectivity index (χ1n) is 7.47. The van der Waals surface area contributed by atoms with Crippen LogP contribution in [0, 0.1) is 17.8 Å². The largest absolute Gasteiger partial charge is 0.480 e. The first-order chi connectivity index (χ1) is 9.18. The smallest absolute Gasteiger partial charge is 0.326 e. The summed E-state index contributed by atoms with van der Waals surface area (Å²) in [4.78, 5) is 25.3. The summed E-state index contributed by atoms with van der Waals surface area (Å²) in [5, 5.41) is 11.9. The monoisotopic (exact) mass is 286 g/mol. The van der Waals surface area contributed by atoms with Crippen molar-refractivity contribution in [1.82, 2.24) is 10.2 Å². The molecule has 0 aromatic heterocycles. The van der Waals surface area contributed by atoms with Gasteiger partial charge in [0.15, 0.2) is 0 Å². The van der Waals surface area contributed by atoms with Crippen LogP contribution >= 0.6 is 0 Å². The molecule has 0 aliphatic rings. The fourth-order valence-corrected chi connectivity index (χ4v) is 2.03. The number of hydrogen-bond acceptors (Lipinski definition) is 2. The number of aliphatic carboxylic acids is 1. The summed E-state index contributed by atoms with van der Waals surface area (Å²) >= 11 is 0. The van der Waals surface area contributed by atoms with Gasteiger partial charge in [0.2, 0.25) is 0 Å². The lowest BCUT2D eigenvalue weighted by Gasteiger charge is -2.29. The Bertz CT molecular complexity index is 306. The van der Waals surface area contributed by atoms with Crippen molar-refractivity contribution < 1.29 is 14.7 Å². The standard InChI is InChI=1S/C15H30N2O3/c1-7-12(6)13(14(18)19)16-15(20)17(8-10(2)3)9-11(4)5/h10-13H,7-9H2,1-6H3,(H,16,20)(H,18,19). The molecule has 0 rings (SSSR count). The molecule has 118 valence electrons. The molecular formula is C15H30N2O3. The Hall–Kier alpha value is -1.26. The van der Waals surface area contributed by atoms with Crippen LogP contribution < -0.4 is 5.32 Å². The van der Waals surface area contributed by atoms with Crippen LogP contribution in [0.3, 0.4) is 0 Å². The number of nitrogens with one attached hydrogen (secondary N) is 1. The highest BCUT2D eigenvalue weighted by atomic mass is 16.4. The zero-order chi connectivity index (χ0) is 15.9.